The Morgan fingerprint density at radius 3 is 2.56 bits per heavy atom. The SMILES string of the molecule is CN(C)CCCOc1ccccc1N=Cc1cccc(C(F)(F)F)c1. The average molecular weight is 350 g/mol. The van der Waals surface area contributed by atoms with Crippen LogP contribution in [-0.2, 0) is 6.18 Å². The third-order valence-electron chi connectivity index (χ3n) is 3.44. The summed E-state index contributed by atoms with van der Waals surface area (Å²) in [4.78, 5) is 6.36. The predicted molar refractivity (Wildman–Crippen MR) is 93.8 cm³/mol. The highest BCUT2D eigenvalue weighted by molar-refractivity contribution is 5.83. The number of alkyl halides is 3. The first kappa shape index (κ1) is 19.0. The van der Waals surface area contributed by atoms with Gasteiger partial charge in [0.15, 0.2) is 0 Å². The number of aliphatic imine (C=N–C) groups is 1. The molecule has 0 bridgehead atoms. The van der Waals surface area contributed by atoms with E-state index in [1.807, 2.05) is 26.2 Å². The highest BCUT2D eigenvalue weighted by Gasteiger charge is 2.30. The molecule has 0 fully saturated rings. The molecule has 0 heterocycles. The lowest BCUT2D eigenvalue weighted by Crippen LogP contribution is -2.15. The van der Waals surface area contributed by atoms with Gasteiger partial charge in [-0.05, 0) is 50.3 Å². The van der Waals surface area contributed by atoms with Gasteiger partial charge in [-0.3, -0.25) is 4.99 Å². The van der Waals surface area contributed by atoms with Gasteiger partial charge in [0.2, 0.25) is 0 Å². The molecule has 2 aromatic carbocycles. The van der Waals surface area contributed by atoms with Gasteiger partial charge in [-0.2, -0.15) is 13.2 Å². The van der Waals surface area contributed by atoms with Crippen molar-refractivity contribution in [3.05, 3.63) is 59.7 Å². The Morgan fingerprint density at radius 2 is 1.84 bits per heavy atom. The molecule has 0 amide bonds. The lowest BCUT2D eigenvalue weighted by Gasteiger charge is -2.11. The number of hydrogen-bond donors (Lipinski definition) is 0. The lowest BCUT2D eigenvalue weighted by atomic mass is 10.1. The summed E-state index contributed by atoms with van der Waals surface area (Å²) >= 11 is 0. The molecule has 0 aromatic heterocycles. The quantitative estimate of drug-likeness (QED) is 0.530. The Morgan fingerprint density at radius 1 is 1.08 bits per heavy atom. The van der Waals surface area contributed by atoms with E-state index in [2.05, 4.69) is 9.89 Å². The second kappa shape index (κ2) is 8.67. The fourth-order valence-electron chi connectivity index (χ4n) is 2.19. The Labute approximate surface area is 145 Å². The van der Waals surface area contributed by atoms with Crippen LogP contribution < -0.4 is 4.74 Å². The molecular weight excluding hydrogens is 329 g/mol. The van der Waals surface area contributed by atoms with E-state index in [-0.39, 0.29) is 0 Å². The molecule has 0 aliphatic heterocycles. The first-order valence-corrected chi connectivity index (χ1v) is 7.94. The fraction of sp³-hybridized carbons (Fsp3) is 0.316. The second-order valence-corrected chi connectivity index (χ2v) is 5.85. The van der Waals surface area contributed by atoms with Crippen molar-refractivity contribution in [2.45, 2.75) is 12.6 Å². The monoisotopic (exact) mass is 350 g/mol. The van der Waals surface area contributed by atoms with Gasteiger partial charge in [0, 0.05) is 12.8 Å². The number of rotatable bonds is 7. The maximum atomic E-state index is 12.8. The summed E-state index contributed by atoms with van der Waals surface area (Å²) in [6.07, 6.45) is -2.08. The minimum absolute atomic E-state index is 0.386. The number of nitrogens with zero attached hydrogens (tertiary/aromatic N) is 2. The molecule has 0 aliphatic carbocycles. The fourth-order valence-corrected chi connectivity index (χ4v) is 2.19. The molecule has 0 unspecified atom stereocenters. The van der Waals surface area contributed by atoms with Gasteiger partial charge in [0.1, 0.15) is 11.4 Å². The van der Waals surface area contributed by atoms with Crippen molar-refractivity contribution < 1.29 is 17.9 Å². The van der Waals surface area contributed by atoms with Crippen molar-refractivity contribution in [1.29, 1.82) is 0 Å². The standard InChI is InChI=1S/C19H21F3N2O/c1-24(2)11-6-12-25-18-10-4-3-9-17(18)23-14-15-7-5-8-16(13-15)19(20,21)22/h3-5,7-10,13-14H,6,11-12H2,1-2H3. The zero-order valence-corrected chi connectivity index (χ0v) is 14.3. The zero-order chi connectivity index (χ0) is 18.3. The highest BCUT2D eigenvalue weighted by Crippen LogP contribution is 2.30. The smallest absolute Gasteiger partial charge is 0.416 e. The van der Waals surface area contributed by atoms with Crippen molar-refractivity contribution in [1.82, 2.24) is 4.90 Å². The first-order valence-electron chi connectivity index (χ1n) is 7.94. The van der Waals surface area contributed by atoms with Crippen LogP contribution in [0.25, 0.3) is 0 Å². The van der Waals surface area contributed by atoms with Gasteiger partial charge in [-0.1, -0.05) is 24.3 Å². The molecule has 0 atom stereocenters. The van der Waals surface area contributed by atoms with Crippen LogP contribution in [0.15, 0.2) is 53.5 Å². The normalized spacial score (nSPS) is 12.1. The lowest BCUT2D eigenvalue weighted by molar-refractivity contribution is -0.137. The number of benzene rings is 2. The third-order valence-corrected chi connectivity index (χ3v) is 3.44. The molecule has 0 aliphatic rings. The van der Waals surface area contributed by atoms with Crippen LogP contribution in [0.1, 0.15) is 17.5 Å². The molecule has 6 heteroatoms. The van der Waals surface area contributed by atoms with Gasteiger partial charge in [-0.25, -0.2) is 0 Å². The summed E-state index contributed by atoms with van der Waals surface area (Å²) in [6, 6.07) is 12.3. The third kappa shape index (κ3) is 6.23. The van der Waals surface area contributed by atoms with Gasteiger partial charge in [0.05, 0.1) is 12.2 Å². The van der Waals surface area contributed by atoms with Crippen molar-refractivity contribution in [3.63, 3.8) is 0 Å². The molecule has 25 heavy (non-hydrogen) atoms. The van der Waals surface area contributed by atoms with Crippen LogP contribution in [0.5, 0.6) is 5.75 Å². The van der Waals surface area contributed by atoms with E-state index >= 15 is 0 Å². The van der Waals surface area contributed by atoms with Crippen molar-refractivity contribution in [2.75, 3.05) is 27.2 Å². The van der Waals surface area contributed by atoms with Gasteiger partial charge < -0.3 is 9.64 Å². The first-order chi connectivity index (χ1) is 11.9. The second-order valence-electron chi connectivity index (χ2n) is 5.85. The van der Waals surface area contributed by atoms with Crippen LogP contribution in [-0.4, -0.2) is 38.4 Å². The molecule has 0 radical (unpaired) electrons. The van der Waals surface area contributed by atoms with E-state index in [0.717, 1.165) is 25.1 Å². The Bertz CT molecular complexity index is 712. The van der Waals surface area contributed by atoms with Gasteiger partial charge in [-0.15, -0.1) is 0 Å². The molecular formula is C19H21F3N2O. The number of halogens is 3. The number of ether oxygens (including phenoxy) is 1. The largest absolute Gasteiger partial charge is 0.491 e. The average Bonchev–Trinajstić information content (AvgIpc) is 2.57. The van der Waals surface area contributed by atoms with E-state index in [1.54, 1.807) is 18.2 Å². The Kier molecular flexibility index (Phi) is 6.58. The topological polar surface area (TPSA) is 24.8 Å². The summed E-state index contributed by atoms with van der Waals surface area (Å²) in [6.45, 7) is 1.46. The maximum Gasteiger partial charge on any atom is 0.416 e. The molecule has 0 saturated carbocycles. The van der Waals surface area contributed by atoms with Gasteiger partial charge in [0.25, 0.3) is 0 Å². The minimum Gasteiger partial charge on any atom is -0.491 e. The van der Waals surface area contributed by atoms with Crippen molar-refractivity contribution in [2.24, 2.45) is 4.99 Å². The van der Waals surface area contributed by atoms with E-state index < -0.39 is 11.7 Å². The van der Waals surface area contributed by atoms with Gasteiger partial charge >= 0.3 is 6.18 Å². The summed E-state index contributed by atoms with van der Waals surface area (Å²) in [5, 5.41) is 0. The Hall–Kier alpha value is -2.34. The molecule has 0 saturated heterocycles. The maximum absolute atomic E-state index is 12.8. The molecule has 3 nitrogen and oxygen atoms in total. The van der Waals surface area contributed by atoms with Crippen LogP contribution in [0.3, 0.4) is 0 Å². The molecule has 0 N–H and O–H groups in total. The molecule has 2 rings (SSSR count). The summed E-state index contributed by atoms with van der Waals surface area (Å²) < 4.78 is 44.0. The highest BCUT2D eigenvalue weighted by atomic mass is 19.4. The van der Waals surface area contributed by atoms with E-state index in [0.29, 0.717) is 23.6 Å². The van der Waals surface area contributed by atoms with Crippen LogP contribution in [0, 0.1) is 0 Å². The van der Waals surface area contributed by atoms with Crippen LogP contribution in [0.4, 0.5) is 18.9 Å². The summed E-state index contributed by atoms with van der Waals surface area (Å²) in [7, 11) is 3.99. The van der Waals surface area contributed by atoms with Crippen LogP contribution >= 0.6 is 0 Å². The molecule has 134 valence electrons. The Balaban J connectivity index is 2.08. The predicted octanol–water partition coefficient (Wildman–Crippen LogP) is 4.79. The van der Waals surface area contributed by atoms with Crippen molar-refractivity contribution >= 4 is 11.9 Å². The summed E-state index contributed by atoms with van der Waals surface area (Å²) in [5.74, 6) is 0.615. The van der Waals surface area contributed by atoms with E-state index in [4.69, 9.17) is 4.74 Å². The van der Waals surface area contributed by atoms with E-state index in [9.17, 15) is 13.2 Å². The molecule has 2 aromatic rings. The number of para-hydroxylation sites is 2. The minimum atomic E-state index is -4.36. The molecule has 0 spiro atoms. The zero-order valence-electron chi connectivity index (χ0n) is 14.3. The van der Waals surface area contributed by atoms with Crippen molar-refractivity contribution in [3.8, 4) is 5.75 Å². The summed E-state index contributed by atoms with van der Waals surface area (Å²) in [5.41, 5.74) is 0.284. The van der Waals surface area contributed by atoms with E-state index in [1.165, 1.54) is 12.3 Å². The van der Waals surface area contributed by atoms with Crippen LogP contribution in [0.2, 0.25) is 0 Å². The number of hydrogen-bond acceptors (Lipinski definition) is 3.